The molecule has 0 unspecified atom stereocenters. The van der Waals surface area contributed by atoms with Crippen LogP contribution in [0.25, 0.3) is 0 Å². The first kappa shape index (κ1) is 13.7. The molecule has 1 amide bonds. The van der Waals surface area contributed by atoms with E-state index in [4.69, 9.17) is 4.74 Å². The Kier molecular flexibility index (Phi) is 10.2. The molecule has 0 aromatic heterocycles. The van der Waals surface area contributed by atoms with Crippen molar-refractivity contribution in [3.05, 3.63) is 0 Å². The maximum absolute atomic E-state index is 10.6. The molecule has 1 aliphatic heterocycles. The van der Waals surface area contributed by atoms with Crippen LogP contribution in [0.2, 0.25) is 0 Å². The molecule has 0 bridgehead atoms. The van der Waals surface area contributed by atoms with Crippen LogP contribution in [0, 0.1) is 0 Å². The minimum atomic E-state index is 0. The van der Waals surface area contributed by atoms with E-state index >= 15 is 0 Å². The zero-order chi connectivity index (χ0) is 7.98. The van der Waals surface area contributed by atoms with Gasteiger partial charge >= 0.3 is 0 Å². The number of carbonyl (C=O) groups is 1. The van der Waals surface area contributed by atoms with Crippen molar-refractivity contribution in [2.45, 2.75) is 13.8 Å². The summed E-state index contributed by atoms with van der Waals surface area (Å²) in [6, 6.07) is 0. The average molecular weight is 329 g/mol. The van der Waals surface area contributed by atoms with Crippen molar-refractivity contribution in [3.63, 3.8) is 0 Å². The molecule has 66 valence electrons. The zero-order valence-corrected chi connectivity index (χ0v) is 10.2. The maximum Gasteiger partial charge on any atom is 0.248 e. The molecule has 3 nitrogen and oxygen atoms in total. The summed E-state index contributed by atoms with van der Waals surface area (Å²) in [5, 5.41) is 0. The minimum Gasteiger partial charge on any atom is -0.370 e. The van der Waals surface area contributed by atoms with Gasteiger partial charge in [-0.15, -0.1) is 0 Å². The standard InChI is InChI=1S/C5H9NO2.C2H6.W/c1-6-2-3-8-4-5(6)7;1-2;/h2-4H2,1H3;1-2H3;. The molecule has 0 atom stereocenters. The van der Waals surface area contributed by atoms with Gasteiger partial charge in [0.25, 0.3) is 0 Å². The molecule has 0 aromatic rings. The molecular formula is C7H15NO2W. The average Bonchev–Trinajstić information content (AvgIpc) is 2.00. The molecule has 1 rings (SSSR count). The number of amides is 1. The SMILES string of the molecule is CC.CN1CCOCC1=O.[W]. The fourth-order valence-corrected chi connectivity index (χ4v) is 0.596. The first-order valence-corrected chi connectivity index (χ1v) is 3.62. The van der Waals surface area contributed by atoms with Crippen LogP contribution in [0.4, 0.5) is 0 Å². The van der Waals surface area contributed by atoms with Gasteiger partial charge in [-0.25, -0.2) is 0 Å². The van der Waals surface area contributed by atoms with Crippen molar-refractivity contribution in [1.29, 1.82) is 0 Å². The van der Waals surface area contributed by atoms with Gasteiger partial charge in [-0.3, -0.25) is 4.79 Å². The Balaban J connectivity index is 0. The van der Waals surface area contributed by atoms with E-state index in [2.05, 4.69) is 0 Å². The predicted octanol–water partition coefficient (Wildman–Crippen LogP) is 0.499. The van der Waals surface area contributed by atoms with Crippen molar-refractivity contribution >= 4 is 5.91 Å². The number of likely N-dealkylation sites (N-methyl/N-ethyl adjacent to an activating group) is 1. The summed E-state index contributed by atoms with van der Waals surface area (Å²) >= 11 is 0. The smallest absolute Gasteiger partial charge is 0.248 e. The van der Waals surface area contributed by atoms with Gasteiger partial charge in [0, 0.05) is 34.7 Å². The first-order valence-electron chi connectivity index (χ1n) is 3.62. The fraction of sp³-hybridized carbons (Fsp3) is 0.857. The molecule has 1 heterocycles. The van der Waals surface area contributed by atoms with Crippen molar-refractivity contribution in [3.8, 4) is 0 Å². The number of hydrogen-bond donors (Lipinski definition) is 0. The van der Waals surface area contributed by atoms with Gasteiger partial charge in [0.15, 0.2) is 0 Å². The Hall–Kier alpha value is 0.118. The third-order valence-electron chi connectivity index (χ3n) is 1.22. The van der Waals surface area contributed by atoms with Crippen LogP contribution in [0.1, 0.15) is 13.8 Å². The van der Waals surface area contributed by atoms with Crippen LogP contribution in [0.5, 0.6) is 0 Å². The summed E-state index contributed by atoms with van der Waals surface area (Å²) in [6.07, 6.45) is 0. The second-order valence-corrected chi connectivity index (χ2v) is 1.87. The zero-order valence-electron chi connectivity index (χ0n) is 7.29. The van der Waals surface area contributed by atoms with Gasteiger partial charge in [0.05, 0.1) is 6.61 Å². The minimum absolute atomic E-state index is 0. The molecule has 4 heteroatoms. The molecule has 0 radical (unpaired) electrons. The van der Waals surface area contributed by atoms with Crippen molar-refractivity contribution in [1.82, 2.24) is 4.90 Å². The number of nitrogens with zero attached hydrogens (tertiary/aromatic N) is 1. The summed E-state index contributed by atoms with van der Waals surface area (Å²) in [7, 11) is 1.78. The summed E-state index contributed by atoms with van der Waals surface area (Å²) in [5.74, 6) is 0.0799. The monoisotopic (exact) mass is 329 g/mol. The molecule has 0 spiro atoms. The quantitative estimate of drug-likeness (QED) is 0.648. The number of rotatable bonds is 0. The van der Waals surface area contributed by atoms with Gasteiger partial charge in [-0.1, -0.05) is 13.8 Å². The van der Waals surface area contributed by atoms with Gasteiger partial charge in [0.2, 0.25) is 5.91 Å². The van der Waals surface area contributed by atoms with E-state index in [0.717, 1.165) is 6.54 Å². The molecule has 1 aliphatic rings. The molecule has 0 N–H and O–H groups in total. The molecule has 1 fully saturated rings. The molecule has 0 aromatic carbocycles. The van der Waals surface area contributed by atoms with Crippen molar-refractivity contribution in [2.24, 2.45) is 0 Å². The Bertz CT molecular complexity index is 109. The Morgan fingerprint density at radius 2 is 2.00 bits per heavy atom. The van der Waals surface area contributed by atoms with E-state index < -0.39 is 0 Å². The van der Waals surface area contributed by atoms with Gasteiger partial charge in [-0.05, 0) is 0 Å². The number of hydrogen-bond acceptors (Lipinski definition) is 2. The van der Waals surface area contributed by atoms with Gasteiger partial charge in [-0.2, -0.15) is 0 Å². The van der Waals surface area contributed by atoms with E-state index in [1.807, 2.05) is 13.8 Å². The van der Waals surface area contributed by atoms with Crippen LogP contribution in [0.15, 0.2) is 0 Å². The number of ether oxygens (including phenoxy) is 1. The van der Waals surface area contributed by atoms with E-state index in [1.165, 1.54) is 0 Å². The summed E-state index contributed by atoms with van der Waals surface area (Å²) in [5.41, 5.74) is 0. The third-order valence-corrected chi connectivity index (χ3v) is 1.22. The largest absolute Gasteiger partial charge is 0.370 e. The summed E-state index contributed by atoms with van der Waals surface area (Å²) < 4.78 is 4.86. The third kappa shape index (κ3) is 5.39. The molecule has 0 aliphatic carbocycles. The molecule has 0 saturated carbocycles. The van der Waals surface area contributed by atoms with Crippen molar-refractivity contribution in [2.75, 3.05) is 26.8 Å². The van der Waals surface area contributed by atoms with Crippen LogP contribution >= 0.6 is 0 Å². The molecular weight excluding hydrogens is 314 g/mol. The Morgan fingerprint density at radius 3 is 2.27 bits per heavy atom. The summed E-state index contributed by atoms with van der Waals surface area (Å²) in [6.45, 7) is 5.68. The molecule has 1 saturated heterocycles. The van der Waals surface area contributed by atoms with Crippen LogP contribution in [0.3, 0.4) is 0 Å². The van der Waals surface area contributed by atoms with Gasteiger partial charge in [0.1, 0.15) is 6.61 Å². The van der Waals surface area contributed by atoms with E-state index in [1.54, 1.807) is 11.9 Å². The Labute approximate surface area is 82.4 Å². The maximum atomic E-state index is 10.6. The van der Waals surface area contributed by atoms with E-state index in [9.17, 15) is 4.79 Å². The predicted molar refractivity (Wildman–Crippen MR) is 39.8 cm³/mol. The number of morpholine rings is 1. The van der Waals surface area contributed by atoms with Crippen molar-refractivity contribution < 1.29 is 30.6 Å². The second kappa shape index (κ2) is 8.22. The summed E-state index contributed by atoms with van der Waals surface area (Å²) in [4.78, 5) is 12.3. The fourth-order valence-electron chi connectivity index (χ4n) is 0.596. The van der Waals surface area contributed by atoms with Gasteiger partial charge < -0.3 is 9.64 Å². The number of carbonyl (C=O) groups excluding carboxylic acids is 1. The van der Waals surface area contributed by atoms with Crippen LogP contribution in [-0.4, -0.2) is 37.6 Å². The molecule has 11 heavy (non-hydrogen) atoms. The van der Waals surface area contributed by atoms with Crippen LogP contribution in [-0.2, 0) is 30.6 Å². The second-order valence-electron chi connectivity index (χ2n) is 1.87. The normalized spacial score (nSPS) is 16.3. The van der Waals surface area contributed by atoms with E-state index in [-0.39, 0.29) is 33.6 Å². The first-order chi connectivity index (χ1) is 4.80. The van der Waals surface area contributed by atoms with E-state index in [0.29, 0.717) is 6.61 Å². The topological polar surface area (TPSA) is 29.5 Å². The van der Waals surface area contributed by atoms with Crippen LogP contribution < -0.4 is 0 Å². The Morgan fingerprint density at radius 1 is 1.45 bits per heavy atom.